The Morgan fingerprint density at radius 2 is 2.27 bits per heavy atom. The van der Waals surface area contributed by atoms with Gasteiger partial charge >= 0.3 is 0 Å². The molecule has 2 atom stereocenters. The van der Waals surface area contributed by atoms with Crippen molar-refractivity contribution in [1.29, 1.82) is 0 Å². The van der Waals surface area contributed by atoms with Gasteiger partial charge in [-0.3, -0.25) is 0 Å². The van der Waals surface area contributed by atoms with Gasteiger partial charge in [-0.05, 0) is 30.7 Å². The van der Waals surface area contributed by atoms with Crippen molar-refractivity contribution in [3.63, 3.8) is 0 Å². The van der Waals surface area contributed by atoms with Gasteiger partial charge in [0.15, 0.2) is 0 Å². The third kappa shape index (κ3) is 2.90. The summed E-state index contributed by atoms with van der Waals surface area (Å²) in [5.74, 6) is 2.52. The predicted molar refractivity (Wildman–Crippen MR) is 68.7 cm³/mol. The minimum Gasteiger partial charge on any atom is -0.307 e. The minimum atomic E-state index is 0.349. The van der Waals surface area contributed by atoms with E-state index >= 15 is 0 Å². The van der Waals surface area contributed by atoms with Gasteiger partial charge in [-0.1, -0.05) is 29.8 Å². The minimum absolute atomic E-state index is 0.349. The fourth-order valence-corrected chi connectivity index (χ4v) is 3.40. The number of thioether (sulfide) groups is 1. The first-order valence-corrected chi connectivity index (χ1v) is 6.89. The van der Waals surface area contributed by atoms with Gasteiger partial charge in [-0.15, -0.1) is 0 Å². The molecule has 1 nitrogen and oxygen atoms in total. The lowest BCUT2D eigenvalue weighted by atomic mass is 10.1. The lowest BCUT2D eigenvalue weighted by Crippen LogP contribution is -2.31. The molecule has 1 unspecified atom stereocenters. The van der Waals surface area contributed by atoms with Crippen LogP contribution in [-0.2, 0) is 0 Å². The Hall–Kier alpha value is -0.180. The van der Waals surface area contributed by atoms with Gasteiger partial charge in [0, 0.05) is 22.9 Å². The zero-order valence-corrected chi connectivity index (χ0v) is 10.4. The topological polar surface area (TPSA) is 12.0 Å². The van der Waals surface area contributed by atoms with Crippen LogP contribution in [0.2, 0.25) is 5.02 Å². The maximum atomic E-state index is 6.16. The van der Waals surface area contributed by atoms with Gasteiger partial charge in [-0.2, -0.15) is 11.8 Å². The van der Waals surface area contributed by atoms with Crippen LogP contribution in [0, 0.1) is 0 Å². The Morgan fingerprint density at radius 1 is 1.47 bits per heavy atom. The van der Waals surface area contributed by atoms with E-state index in [0.717, 1.165) is 5.02 Å². The SMILES string of the molecule is C[C@@H](NC1CCSC1)c1ccccc1Cl. The maximum absolute atomic E-state index is 6.16. The highest BCUT2D eigenvalue weighted by Gasteiger charge is 2.18. The molecule has 1 heterocycles. The molecule has 0 saturated carbocycles. The van der Waals surface area contributed by atoms with Crippen molar-refractivity contribution in [3.05, 3.63) is 34.9 Å². The quantitative estimate of drug-likeness (QED) is 0.870. The number of benzene rings is 1. The fourth-order valence-electron chi connectivity index (χ4n) is 1.94. The van der Waals surface area contributed by atoms with E-state index in [4.69, 9.17) is 11.6 Å². The molecule has 0 radical (unpaired) electrons. The third-order valence-corrected chi connectivity index (χ3v) is 4.29. The maximum Gasteiger partial charge on any atom is 0.0453 e. The number of halogens is 1. The summed E-state index contributed by atoms with van der Waals surface area (Å²) in [4.78, 5) is 0. The summed E-state index contributed by atoms with van der Waals surface area (Å²) in [5.41, 5.74) is 1.20. The van der Waals surface area contributed by atoms with Crippen molar-refractivity contribution in [2.75, 3.05) is 11.5 Å². The Balaban J connectivity index is 2.00. The molecule has 1 aromatic rings. The van der Waals surface area contributed by atoms with Crippen LogP contribution in [0.1, 0.15) is 24.9 Å². The lowest BCUT2D eigenvalue weighted by Gasteiger charge is -2.19. The van der Waals surface area contributed by atoms with Crippen LogP contribution in [0.25, 0.3) is 0 Å². The Bertz CT molecular complexity index is 323. The van der Waals surface area contributed by atoms with Gasteiger partial charge in [0.1, 0.15) is 0 Å². The summed E-state index contributed by atoms with van der Waals surface area (Å²) >= 11 is 8.19. The second-order valence-corrected chi connectivity index (χ2v) is 5.53. The highest BCUT2D eigenvalue weighted by atomic mass is 35.5. The van der Waals surface area contributed by atoms with Gasteiger partial charge in [0.25, 0.3) is 0 Å². The van der Waals surface area contributed by atoms with Crippen molar-refractivity contribution in [2.24, 2.45) is 0 Å². The zero-order chi connectivity index (χ0) is 10.7. The molecule has 2 rings (SSSR count). The van der Waals surface area contributed by atoms with Gasteiger partial charge in [0.05, 0.1) is 0 Å². The van der Waals surface area contributed by atoms with Gasteiger partial charge in [0.2, 0.25) is 0 Å². The Kier molecular flexibility index (Phi) is 3.95. The fraction of sp³-hybridized carbons (Fsp3) is 0.500. The molecule has 0 spiro atoms. The molecule has 82 valence electrons. The highest BCUT2D eigenvalue weighted by Crippen LogP contribution is 2.25. The summed E-state index contributed by atoms with van der Waals surface area (Å²) < 4.78 is 0. The lowest BCUT2D eigenvalue weighted by molar-refractivity contribution is 0.486. The molecule has 1 aromatic carbocycles. The van der Waals surface area contributed by atoms with Crippen LogP contribution in [-0.4, -0.2) is 17.5 Å². The molecule has 0 aromatic heterocycles. The first kappa shape index (κ1) is 11.3. The molecule has 1 saturated heterocycles. The van der Waals surface area contributed by atoms with E-state index in [-0.39, 0.29) is 0 Å². The molecule has 1 aliphatic rings. The smallest absolute Gasteiger partial charge is 0.0453 e. The summed E-state index contributed by atoms with van der Waals surface area (Å²) in [6.45, 7) is 2.18. The number of hydrogen-bond donors (Lipinski definition) is 1. The Morgan fingerprint density at radius 3 is 2.93 bits per heavy atom. The van der Waals surface area contributed by atoms with Crippen molar-refractivity contribution >= 4 is 23.4 Å². The van der Waals surface area contributed by atoms with E-state index < -0.39 is 0 Å². The molecule has 1 N–H and O–H groups in total. The average Bonchev–Trinajstić information content (AvgIpc) is 2.71. The van der Waals surface area contributed by atoms with E-state index in [1.807, 2.05) is 30.0 Å². The normalized spacial score (nSPS) is 22.9. The number of hydrogen-bond acceptors (Lipinski definition) is 2. The monoisotopic (exact) mass is 241 g/mol. The first-order valence-electron chi connectivity index (χ1n) is 5.35. The van der Waals surface area contributed by atoms with E-state index in [1.165, 1.54) is 23.5 Å². The van der Waals surface area contributed by atoms with Crippen molar-refractivity contribution in [1.82, 2.24) is 5.32 Å². The molecule has 0 aliphatic carbocycles. The van der Waals surface area contributed by atoms with E-state index in [1.54, 1.807) is 0 Å². The summed E-state index contributed by atoms with van der Waals surface area (Å²) in [5, 5.41) is 4.49. The van der Waals surface area contributed by atoms with Crippen LogP contribution in [0.5, 0.6) is 0 Å². The van der Waals surface area contributed by atoms with Crippen LogP contribution < -0.4 is 5.32 Å². The molecule has 0 bridgehead atoms. The zero-order valence-electron chi connectivity index (χ0n) is 8.87. The van der Waals surface area contributed by atoms with Crippen molar-refractivity contribution in [2.45, 2.75) is 25.4 Å². The first-order chi connectivity index (χ1) is 7.27. The number of rotatable bonds is 3. The predicted octanol–water partition coefficient (Wildman–Crippen LogP) is 3.50. The van der Waals surface area contributed by atoms with E-state index in [2.05, 4.69) is 18.3 Å². The molecule has 15 heavy (non-hydrogen) atoms. The average molecular weight is 242 g/mol. The molecular formula is C12H16ClNS. The summed E-state index contributed by atoms with van der Waals surface area (Å²) in [7, 11) is 0. The highest BCUT2D eigenvalue weighted by molar-refractivity contribution is 7.99. The van der Waals surface area contributed by atoms with Gasteiger partial charge < -0.3 is 5.32 Å². The molecule has 1 fully saturated rings. The second kappa shape index (κ2) is 5.24. The standard InChI is InChI=1S/C12H16ClNS/c1-9(14-10-6-7-15-8-10)11-4-2-3-5-12(11)13/h2-5,9-10,14H,6-8H2,1H3/t9-,10?/m1/s1. The number of nitrogens with one attached hydrogen (secondary N) is 1. The van der Waals surface area contributed by atoms with Crippen molar-refractivity contribution in [3.8, 4) is 0 Å². The summed E-state index contributed by atoms with van der Waals surface area (Å²) in [6, 6.07) is 9.08. The van der Waals surface area contributed by atoms with Crippen LogP contribution in [0.4, 0.5) is 0 Å². The third-order valence-electron chi connectivity index (χ3n) is 2.79. The molecule has 3 heteroatoms. The summed E-state index contributed by atoms with van der Waals surface area (Å²) in [6.07, 6.45) is 1.28. The van der Waals surface area contributed by atoms with Crippen LogP contribution in [0.3, 0.4) is 0 Å². The molecular weight excluding hydrogens is 226 g/mol. The molecule has 1 aliphatic heterocycles. The van der Waals surface area contributed by atoms with Crippen molar-refractivity contribution < 1.29 is 0 Å². The second-order valence-electron chi connectivity index (χ2n) is 3.97. The molecule has 0 amide bonds. The van der Waals surface area contributed by atoms with Crippen LogP contribution in [0.15, 0.2) is 24.3 Å². The van der Waals surface area contributed by atoms with E-state index in [0.29, 0.717) is 12.1 Å². The van der Waals surface area contributed by atoms with Crippen LogP contribution >= 0.6 is 23.4 Å². The Labute approximate surface area is 101 Å². The van der Waals surface area contributed by atoms with Gasteiger partial charge in [-0.25, -0.2) is 0 Å². The van der Waals surface area contributed by atoms with E-state index in [9.17, 15) is 0 Å². The largest absolute Gasteiger partial charge is 0.307 e.